The molecule has 2 aromatic carbocycles. The van der Waals surface area contributed by atoms with Gasteiger partial charge >= 0.3 is 0 Å². The second kappa shape index (κ2) is 9.94. The van der Waals surface area contributed by atoms with E-state index in [0.717, 1.165) is 11.3 Å². The fourth-order valence-corrected chi connectivity index (χ4v) is 3.62. The summed E-state index contributed by atoms with van der Waals surface area (Å²) in [7, 11) is -3.20. The predicted molar refractivity (Wildman–Crippen MR) is 119 cm³/mol. The summed E-state index contributed by atoms with van der Waals surface area (Å²) in [6, 6.07) is 14.3. The number of rotatable bonds is 8. The molecule has 0 fully saturated rings. The highest BCUT2D eigenvalue weighted by Crippen LogP contribution is 2.20. The standard InChI is InChI=1S/C22H22N4O4S/c1-3-30-19-10-8-16(9-11-19)20-13-23-14-21(25-20)22(27)26-24-12-17-6-4-5-7-18(17)15-31(2,28)29/h4-14H,3,15H2,1-2H3,(H,26,27). The average molecular weight is 439 g/mol. The van der Waals surface area contributed by atoms with Crippen molar-refractivity contribution >= 4 is 22.0 Å². The summed E-state index contributed by atoms with van der Waals surface area (Å²) in [5.74, 6) is 0.106. The SMILES string of the molecule is CCOc1ccc(-c2cncc(C(=O)NN=Cc3ccccc3CS(C)(=O)=O)n2)cc1. The van der Waals surface area contributed by atoms with Crippen molar-refractivity contribution in [1.82, 2.24) is 15.4 Å². The number of nitrogens with one attached hydrogen (secondary N) is 1. The minimum absolute atomic E-state index is 0.105. The Morgan fingerprint density at radius 3 is 2.58 bits per heavy atom. The van der Waals surface area contributed by atoms with Crippen LogP contribution in [0.3, 0.4) is 0 Å². The fourth-order valence-electron chi connectivity index (χ4n) is 2.79. The van der Waals surface area contributed by atoms with Crippen molar-refractivity contribution in [1.29, 1.82) is 0 Å². The highest BCUT2D eigenvalue weighted by atomic mass is 32.2. The maximum atomic E-state index is 12.4. The Hall–Kier alpha value is -3.59. The van der Waals surface area contributed by atoms with Gasteiger partial charge in [-0.3, -0.25) is 9.78 Å². The number of hydrogen-bond acceptors (Lipinski definition) is 7. The molecule has 0 spiro atoms. The van der Waals surface area contributed by atoms with Crippen LogP contribution in [-0.2, 0) is 15.6 Å². The van der Waals surface area contributed by atoms with E-state index in [1.165, 1.54) is 18.7 Å². The number of hydrazone groups is 1. The van der Waals surface area contributed by atoms with Crippen molar-refractivity contribution in [3.8, 4) is 17.0 Å². The predicted octanol–water partition coefficient (Wildman–Crippen LogP) is 2.85. The van der Waals surface area contributed by atoms with E-state index < -0.39 is 15.7 Å². The van der Waals surface area contributed by atoms with E-state index in [1.807, 2.05) is 31.2 Å². The molecule has 1 N–H and O–H groups in total. The van der Waals surface area contributed by atoms with E-state index in [2.05, 4.69) is 20.5 Å². The third kappa shape index (κ3) is 6.45. The molecule has 0 saturated heterocycles. The van der Waals surface area contributed by atoms with Crippen LogP contribution < -0.4 is 10.2 Å². The number of benzene rings is 2. The minimum atomic E-state index is -3.20. The Morgan fingerprint density at radius 2 is 1.87 bits per heavy atom. The van der Waals surface area contributed by atoms with Gasteiger partial charge in [-0.1, -0.05) is 24.3 Å². The highest BCUT2D eigenvalue weighted by Gasteiger charge is 2.10. The van der Waals surface area contributed by atoms with Crippen molar-refractivity contribution in [2.75, 3.05) is 12.9 Å². The van der Waals surface area contributed by atoms with Crippen LogP contribution in [0.4, 0.5) is 0 Å². The zero-order valence-corrected chi connectivity index (χ0v) is 18.0. The number of carbonyl (C=O) groups is 1. The van der Waals surface area contributed by atoms with E-state index in [0.29, 0.717) is 23.4 Å². The summed E-state index contributed by atoms with van der Waals surface area (Å²) in [5, 5.41) is 3.94. The van der Waals surface area contributed by atoms with Gasteiger partial charge in [0.15, 0.2) is 9.84 Å². The summed E-state index contributed by atoms with van der Waals surface area (Å²) in [4.78, 5) is 20.9. The molecule has 3 rings (SSSR count). The van der Waals surface area contributed by atoms with E-state index in [-0.39, 0.29) is 11.4 Å². The van der Waals surface area contributed by atoms with E-state index in [1.54, 1.807) is 30.5 Å². The van der Waals surface area contributed by atoms with E-state index in [9.17, 15) is 13.2 Å². The van der Waals surface area contributed by atoms with Gasteiger partial charge in [0.2, 0.25) is 0 Å². The van der Waals surface area contributed by atoms with Gasteiger partial charge in [-0.15, -0.1) is 0 Å². The van der Waals surface area contributed by atoms with Gasteiger partial charge in [0.05, 0.1) is 36.7 Å². The van der Waals surface area contributed by atoms with Crippen LogP contribution in [-0.4, -0.2) is 43.4 Å². The van der Waals surface area contributed by atoms with Crippen LogP contribution in [0.2, 0.25) is 0 Å². The molecule has 0 unspecified atom stereocenters. The molecule has 1 amide bonds. The molecule has 0 aliphatic carbocycles. The molecule has 0 atom stereocenters. The second-order valence-electron chi connectivity index (χ2n) is 6.71. The Bertz CT molecular complexity index is 1190. The van der Waals surface area contributed by atoms with E-state index in [4.69, 9.17) is 4.74 Å². The molecule has 8 nitrogen and oxygen atoms in total. The van der Waals surface area contributed by atoms with Gasteiger partial charge in [-0.25, -0.2) is 18.8 Å². The van der Waals surface area contributed by atoms with Gasteiger partial charge in [-0.05, 0) is 42.3 Å². The summed E-state index contributed by atoms with van der Waals surface area (Å²) in [6.07, 6.45) is 5.48. The number of carbonyl (C=O) groups excluding carboxylic acids is 1. The lowest BCUT2D eigenvalue weighted by atomic mass is 10.1. The summed E-state index contributed by atoms with van der Waals surface area (Å²) < 4.78 is 28.6. The number of ether oxygens (including phenoxy) is 1. The van der Waals surface area contributed by atoms with Crippen LogP contribution in [0.15, 0.2) is 66.0 Å². The first-order chi connectivity index (χ1) is 14.9. The van der Waals surface area contributed by atoms with Crippen LogP contribution in [0.5, 0.6) is 5.75 Å². The van der Waals surface area contributed by atoms with Crippen LogP contribution in [0.25, 0.3) is 11.3 Å². The first-order valence-corrected chi connectivity index (χ1v) is 11.6. The fraction of sp³-hybridized carbons (Fsp3) is 0.182. The number of sulfone groups is 1. The smallest absolute Gasteiger partial charge is 0.291 e. The number of nitrogens with zero attached hydrogens (tertiary/aromatic N) is 3. The van der Waals surface area contributed by atoms with Crippen LogP contribution in [0.1, 0.15) is 28.5 Å². The molecule has 0 saturated carbocycles. The zero-order chi connectivity index (χ0) is 22.3. The highest BCUT2D eigenvalue weighted by molar-refractivity contribution is 7.89. The van der Waals surface area contributed by atoms with Gasteiger partial charge in [-0.2, -0.15) is 5.10 Å². The lowest BCUT2D eigenvalue weighted by molar-refractivity contribution is 0.0950. The van der Waals surface area contributed by atoms with Gasteiger partial charge in [0.25, 0.3) is 5.91 Å². The molecule has 3 aromatic rings. The zero-order valence-electron chi connectivity index (χ0n) is 17.1. The van der Waals surface area contributed by atoms with Crippen molar-refractivity contribution < 1.29 is 17.9 Å². The van der Waals surface area contributed by atoms with Crippen LogP contribution in [0, 0.1) is 0 Å². The third-order valence-corrected chi connectivity index (χ3v) is 5.01. The van der Waals surface area contributed by atoms with Gasteiger partial charge in [0.1, 0.15) is 11.4 Å². The molecule has 0 aliphatic rings. The number of aromatic nitrogens is 2. The molecule has 0 aliphatic heterocycles. The molecule has 31 heavy (non-hydrogen) atoms. The molecule has 1 heterocycles. The molecular weight excluding hydrogens is 416 g/mol. The maximum absolute atomic E-state index is 12.4. The van der Waals surface area contributed by atoms with E-state index >= 15 is 0 Å². The topological polar surface area (TPSA) is 111 Å². The van der Waals surface area contributed by atoms with Crippen molar-refractivity contribution in [3.05, 3.63) is 77.7 Å². The second-order valence-corrected chi connectivity index (χ2v) is 8.86. The summed E-state index contributed by atoms with van der Waals surface area (Å²) in [6.45, 7) is 2.49. The minimum Gasteiger partial charge on any atom is -0.494 e. The lowest BCUT2D eigenvalue weighted by Gasteiger charge is -2.06. The summed E-state index contributed by atoms with van der Waals surface area (Å²) in [5.41, 5.74) is 5.04. The maximum Gasteiger partial charge on any atom is 0.291 e. The summed E-state index contributed by atoms with van der Waals surface area (Å²) >= 11 is 0. The van der Waals surface area contributed by atoms with Crippen molar-refractivity contribution in [3.63, 3.8) is 0 Å². The third-order valence-electron chi connectivity index (χ3n) is 4.17. The molecule has 1 aromatic heterocycles. The average Bonchev–Trinajstić information content (AvgIpc) is 2.75. The monoisotopic (exact) mass is 438 g/mol. The molecular formula is C22H22N4O4S. The Labute approximate surface area is 180 Å². The molecule has 0 radical (unpaired) electrons. The van der Waals surface area contributed by atoms with Gasteiger partial charge < -0.3 is 4.74 Å². The first-order valence-electron chi connectivity index (χ1n) is 9.50. The largest absolute Gasteiger partial charge is 0.494 e. The molecule has 160 valence electrons. The van der Waals surface area contributed by atoms with Crippen molar-refractivity contribution in [2.24, 2.45) is 5.10 Å². The van der Waals surface area contributed by atoms with Crippen LogP contribution >= 0.6 is 0 Å². The molecule has 9 heteroatoms. The lowest BCUT2D eigenvalue weighted by Crippen LogP contribution is -2.19. The molecule has 0 bridgehead atoms. The van der Waals surface area contributed by atoms with Crippen molar-refractivity contribution in [2.45, 2.75) is 12.7 Å². The quantitative estimate of drug-likeness (QED) is 0.428. The first kappa shape index (κ1) is 22.1. The Balaban J connectivity index is 1.71. The number of amides is 1. The number of hydrogen-bond donors (Lipinski definition) is 1. The normalized spacial score (nSPS) is 11.4. The Morgan fingerprint density at radius 1 is 1.13 bits per heavy atom. The Kier molecular flexibility index (Phi) is 7.09. The van der Waals surface area contributed by atoms with Gasteiger partial charge in [0, 0.05) is 11.8 Å².